The molecule has 0 saturated carbocycles. The summed E-state index contributed by atoms with van der Waals surface area (Å²) in [5.41, 5.74) is 7.37. The van der Waals surface area contributed by atoms with Gasteiger partial charge in [-0.05, 0) is 107 Å². The lowest BCUT2D eigenvalue weighted by Crippen LogP contribution is -2.61. The number of carbonyl (C=O) groups excluding carboxylic acids is 4. The quantitative estimate of drug-likeness (QED) is 0.134. The molecule has 4 atom stereocenters. The van der Waals surface area contributed by atoms with Gasteiger partial charge in [0.2, 0.25) is 11.8 Å². The number of nitrogens with zero attached hydrogens (tertiary/aromatic N) is 3. The predicted molar refractivity (Wildman–Crippen MR) is 215 cm³/mol. The largest absolute Gasteiger partial charge is 0.455 e. The van der Waals surface area contributed by atoms with Crippen molar-refractivity contribution in [1.29, 1.82) is 0 Å². The van der Waals surface area contributed by atoms with E-state index in [2.05, 4.69) is 37.0 Å². The third-order valence-corrected chi connectivity index (χ3v) is 10.4. The lowest BCUT2D eigenvalue weighted by Gasteiger charge is -2.35. The van der Waals surface area contributed by atoms with Crippen molar-refractivity contribution < 1.29 is 23.9 Å². The zero-order valence-electron chi connectivity index (χ0n) is 31.9. The van der Waals surface area contributed by atoms with Gasteiger partial charge in [-0.1, -0.05) is 71.7 Å². The van der Waals surface area contributed by atoms with Gasteiger partial charge < -0.3 is 15.4 Å². The number of pyridine rings is 2. The Morgan fingerprint density at radius 1 is 0.926 bits per heavy atom. The zero-order chi connectivity index (χ0) is 39.5. The second-order valence-electron chi connectivity index (χ2n) is 14.9. The fourth-order valence-electron chi connectivity index (χ4n) is 6.36. The van der Waals surface area contributed by atoms with Crippen LogP contribution in [-0.4, -0.2) is 63.3 Å². The molecule has 3 amide bonds. The Morgan fingerprint density at radius 2 is 1.59 bits per heavy atom. The molecule has 54 heavy (non-hydrogen) atoms. The van der Waals surface area contributed by atoms with Gasteiger partial charge in [-0.2, -0.15) is 0 Å². The van der Waals surface area contributed by atoms with Gasteiger partial charge in [0.25, 0.3) is 5.91 Å². The Morgan fingerprint density at radius 3 is 2.30 bits per heavy atom. The molecule has 1 saturated heterocycles. The summed E-state index contributed by atoms with van der Waals surface area (Å²) in [6.45, 7) is 15.0. The maximum absolute atomic E-state index is 13.3. The Kier molecular flexibility index (Phi) is 12.8. The molecule has 6 rings (SSSR count). The summed E-state index contributed by atoms with van der Waals surface area (Å²) < 4.78 is 6.82. The second-order valence-corrected chi connectivity index (χ2v) is 16.2. The molecule has 0 aliphatic carbocycles. The number of hydrogen-bond donors (Lipinski definition) is 3. The van der Waals surface area contributed by atoms with E-state index in [4.69, 9.17) is 21.3 Å². The molecule has 2 aromatic carbocycles. The number of rotatable bonds is 1. The van der Waals surface area contributed by atoms with Crippen LogP contribution in [0.25, 0.3) is 27.9 Å². The van der Waals surface area contributed by atoms with Gasteiger partial charge >= 0.3 is 5.97 Å². The van der Waals surface area contributed by atoms with E-state index in [0.29, 0.717) is 30.2 Å². The Labute approximate surface area is 329 Å². The molecule has 4 heterocycles. The number of esters is 1. The zero-order valence-corrected chi connectivity index (χ0v) is 34.3. The lowest BCUT2D eigenvalue weighted by atomic mass is 9.89. The van der Waals surface area contributed by atoms with E-state index in [-0.39, 0.29) is 17.7 Å². The van der Waals surface area contributed by atoms with Crippen LogP contribution >= 0.6 is 27.5 Å². The number of nitrogens with one attached hydrogen (secondary N) is 3. The van der Waals surface area contributed by atoms with Crippen molar-refractivity contribution in [3.8, 4) is 0 Å². The van der Waals surface area contributed by atoms with Crippen LogP contribution in [0.5, 0.6) is 0 Å². The van der Waals surface area contributed by atoms with Crippen LogP contribution in [-0.2, 0) is 23.9 Å². The van der Waals surface area contributed by atoms with Crippen molar-refractivity contribution in [1.82, 2.24) is 31.0 Å². The number of amides is 3. The monoisotopic (exact) mass is 818 g/mol. The van der Waals surface area contributed by atoms with Gasteiger partial charge in [-0.3, -0.25) is 24.2 Å². The number of cyclic esters (lactones) is 1. The number of hydrogen-bond acceptors (Lipinski definition) is 8. The Hall–Kier alpha value is -4.39. The van der Waals surface area contributed by atoms with Crippen LogP contribution in [0.1, 0.15) is 82.9 Å². The van der Waals surface area contributed by atoms with Gasteiger partial charge in [-0.15, -0.1) is 0 Å². The van der Waals surface area contributed by atoms with E-state index in [1.807, 2.05) is 82.3 Å². The van der Waals surface area contributed by atoms with E-state index in [1.165, 1.54) is 5.01 Å². The molecular formula is C41H48BrClN6O5. The minimum absolute atomic E-state index is 0.221. The summed E-state index contributed by atoms with van der Waals surface area (Å²) in [5, 5.41) is 9.66. The first-order chi connectivity index (χ1) is 25.4. The number of benzene rings is 2. The first-order valence-electron chi connectivity index (χ1n) is 18.2. The highest BCUT2D eigenvalue weighted by Gasteiger charge is 2.35. The van der Waals surface area contributed by atoms with Gasteiger partial charge in [-0.25, -0.2) is 15.4 Å². The minimum atomic E-state index is -0.927. The number of aryl methyl sites for hydroxylation is 2. The molecule has 2 aromatic heterocycles. The Bertz CT molecular complexity index is 2120. The smallest absolute Gasteiger partial charge is 0.325 e. The maximum Gasteiger partial charge on any atom is 0.325 e. The average molecular weight is 820 g/mol. The highest BCUT2D eigenvalue weighted by molar-refractivity contribution is 9.10. The van der Waals surface area contributed by atoms with Gasteiger partial charge in [0.1, 0.15) is 29.4 Å². The van der Waals surface area contributed by atoms with E-state index in [1.54, 1.807) is 33.8 Å². The average Bonchev–Trinajstić information content (AvgIpc) is 3.11. The second kappa shape index (κ2) is 17.0. The minimum Gasteiger partial charge on any atom is -0.455 e. The number of halogens is 2. The first-order valence-corrected chi connectivity index (χ1v) is 19.3. The number of fused-ring (bicyclic) bond motifs is 5. The van der Waals surface area contributed by atoms with E-state index in [9.17, 15) is 19.2 Å². The van der Waals surface area contributed by atoms with E-state index in [0.717, 1.165) is 43.0 Å². The number of carbonyl (C=O) groups is 4. The molecule has 5 bridgehead atoms. The van der Waals surface area contributed by atoms with Gasteiger partial charge in [0, 0.05) is 21.8 Å². The first kappa shape index (κ1) is 40.8. The molecular weight excluding hydrogens is 772 g/mol. The van der Waals surface area contributed by atoms with Crippen molar-refractivity contribution >= 4 is 79.1 Å². The normalized spacial score (nSPS) is 23.0. The van der Waals surface area contributed by atoms with Crippen LogP contribution in [0.4, 0.5) is 0 Å². The van der Waals surface area contributed by atoms with Crippen molar-refractivity contribution in [2.45, 2.75) is 92.5 Å². The van der Waals surface area contributed by atoms with Crippen molar-refractivity contribution in [3.63, 3.8) is 0 Å². The molecule has 0 spiro atoms. The molecule has 4 aromatic rings. The molecule has 2 aliphatic heterocycles. The molecule has 13 heteroatoms. The van der Waals surface area contributed by atoms with E-state index < -0.39 is 41.5 Å². The van der Waals surface area contributed by atoms with Gasteiger partial charge in [0.05, 0.1) is 22.1 Å². The van der Waals surface area contributed by atoms with Crippen LogP contribution < -0.4 is 16.1 Å². The number of hydrazine groups is 1. The molecule has 2 aliphatic rings. The predicted octanol–water partition coefficient (Wildman–Crippen LogP) is 7.30. The summed E-state index contributed by atoms with van der Waals surface area (Å²) >= 11 is 9.25. The maximum atomic E-state index is 13.3. The van der Waals surface area contributed by atoms with Crippen molar-refractivity contribution in [2.75, 3.05) is 6.54 Å². The molecule has 0 unspecified atom stereocenters. The topological polar surface area (TPSA) is 143 Å². The number of aromatic nitrogens is 2. The summed E-state index contributed by atoms with van der Waals surface area (Å²) in [7, 11) is 0. The molecule has 286 valence electrons. The lowest BCUT2D eigenvalue weighted by molar-refractivity contribution is -0.157. The fraction of sp³-hybridized carbons (Fsp3) is 0.415. The summed E-state index contributed by atoms with van der Waals surface area (Å²) in [6, 6.07) is 13.2. The van der Waals surface area contributed by atoms with Gasteiger partial charge in [0.15, 0.2) is 0 Å². The third-order valence-electron chi connectivity index (χ3n) is 9.70. The molecule has 0 radical (unpaired) electrons. The summed E-state index contributed by atoms with van der Waals surface area (Å²) in [4.78, 5) is 61.9. The summed E-state index contributed by atoms with van der Waals surface area (Å²) in [6.07, 6.45) is 4.15. The highest BCUT2D eigenvalue weighted by atomic mass is 79.9. The Balaban J connectivity index is 0.000000360. The van der Waals surface area contributed by atoms with Crippen LogP contribution in [0, 0.1) is 25.2 Å². The van der Waals surface area contributed by atoms with E-state index >= 15 is 0 Å². The number of ether oxygens (including phenoxy) is 1. The molecule has 11 nitrogen and oxygen atoms in total. The molecule has 3 N–H and O–H groups in total. The van der Waals surface area contributed by atoms with Crippen LogP contribution in [0.15, 0.2) is 59.1 Å². The van der Waals surface area contributed by atoms with Crippen LogP contribution in [0.3, 0.4) is 0 Å². The highest BCUT2D eigenvalue weighted by Crippen LogP contribution is 2.27. The fourth-order valence-corrected chi connectivity index (χ4v) is 6.97. The van der Waals surface area contributed by atoms with Crippen molar-refractivity contribution in [3.05, 3.63) is 86.6 Å². The van der Waals surface area contributed by atoms with Crippen molar-refractivity contribution in [2.24, 2.45) is 11.3 Å². The third kappa shape index (κ3) is 9.64. The van der Waals surface area contributed by atoms with Crippen LogP contribution in [0.2, 0.25) is 5.15 Å². The summed E-state index contributed by atoms with van der Waals surface area (Å²) in [5.74, 6) is -1.84. The SMILES string of the molecule is Cc1cc(Cl)nc2cc(Br)ccc12.Cc1cc2nc3cc(ccc13)/C=C/C(C)(C)C(=O)N[C@@H](C(C)C)C(=O)N[C@@H](C)C(=O)N1CCC[C@H](N1)C(=O)O[C@@H]2C. The standard InChI is InChI=1S/C31H41N5O5.C10H7BrClN/c1-17(2)26-27(37)32-19(4)28(38)36-14-8-9-23(35-36)29(39)41-20(5)24-15-18(3)22-11-10-21(16-25(22)33-24)12-13-31(6,7)30(40)34-26;1-6-4-10(12)13-9-5-7(11)2-3-8(6)9/h10-13,15-17,19-20,23,26,35H,8-9,14H2,1-7H3,(H,32,37)(H,34,40);2-5H,1H3/b13-12+;/t19-,20+,23-,26-;/m0./s1. The molecule has 1 fully saturated rings.